The van der Waals surface area contributed by atoms with Gasteiger partial charge in [-0.3, -0.25) is 0 Å². The van der Waals surface area contributed by atoms with Gasteiger partial charge in [0.25, 0.3) is 0 Å². The van der Waals surface area contributed by atoms with Crippen molar-refractivity contribution in [2.24, 2.45) is 10.9 Å². The maximum atomic E-state index is 11.4. The summed E-state index contributed by atoms with van der Waals surface area (Å²) in [6.45, 7) is 0.892. The molecule has 3 N–H and O–H groups in total. The van der Waals surface area contributed by atoms with E-state index < -0.39 is 9.84 Å². The van der Waals surface area contributed by atoms with Gasteiger partial charge in [0.2, 0.25) is 0 Å². The van der Waals surface area contributed by atoms with Crippen LogP contribution in [0.1, 0.15) is 5.56 Å². The van der Waals surface area contributed by atoms with Crippen LogP contribution in [0.15, 0.2) is 23.4 Å². The Balaban J connectivity index is 2.22. The first-order valence-electron chi connectivity index (χ1n) is 5.66. The average Bonchev–Trinajstić information content (AvgIpc) is 2.37. The molecule has 0 aromatic heterocycles. The molecule has 2 rings (SSSR count). The molecule has 104 valence electrons. The van der Waals surface area contributed by atoms with Gasteiger partial charge in [-0.05, 0) is 18.2 Å². The van der Waals surface area contributed by atoms with E-state index in [1.165, 1.54) is 0 Å². The Labute approximate surface area is 116 Å². The van der Waals surface area contributed by atoms with Gasteiger partial charge < -0.3 is 15.8 Å². The molecule has 1 aliphatic heterocycles. The van der Waals surface area contributed by atoms with Crippen LogP contribution in [-0.4, -0.2) is 44.1 Å². The van der Waals surface area contributed by atoms with E-state index in [1.54, 1.807) is 18.2 Å². The average molecular weight is 304 g/mol. The van der Waals surface area contributed by atoms with Gasteiger partial charge in [0.15, 0.2) is 15.7 Å². The van der Waals surface area contributed by atoms with Crippen molar-refractivity contribution >= 4 is 33.0 Å². The summed E-state index contributed by atoms with van der Waals surface area (Å²) in [5.41, 5.74) is 6.75. The largest absolute Gasteiger partial charge is 0.409 e. The Hall–Kier alpha value is -1.47. The molecule has 1 fully saturated rings. The number of anilines is 1. The number of benzene rings is 1. The minimum atomic E-state index is -2.91. The highest BCUT2D eigenvalue weighted by molar-refractivity contribution is 7.91. The molecule has 19 heavy (non-hydrogen) atoms. The Kier molecular flexibility index (Phi) is 3.86. The topological polar surface area (TPSA) is 96.0 Å². The summed E-state index contributed by atoms with van der Waals surface area (Å²) >= 11 is 6.06. The fraction of sp³-hybridized carbons (Fsp3) is 0.364. The van der Waals surface area contributed by atoms with Crippen molar-refractivity contribution in [1.29, 1.82) is 0 Å². The smallest absolute Gasteiger partial charge is 0.171 e. The Morgan fingerprint density at radius 2 is 2.00 bits per heavy atom. The molecule has 1 heterocycles. The highest BCUT2D eigenvalue weighted by Crippen LogP contribution is 2.24. The highest BCUT2D eigenvalue weighted by atomic mass is 35.5. The molecule has 0 aliphatic carbocycles. The van der Waals surface area contributed by atoms with Crippen LogP contribution in [0.5, 0.6) is 0 Å². The fourth-order valence-corrected chi connectivity index (χ4v) is 3.41. The van der Waals surface area contributed by atoms with Gasteiger partial charge in [-0.15, -0.1) is 0 Å². The molecule has 1 aromatic carbocycles. The van der Waals surface area contributed by atoms with Gasteiger partial charge >= 0.3 is 0 Å². The number of amidine groups is 1. The van der Waals surface area contributed by atoms with E-state index in [1.807, 2.05) is 4.90 Å². The molecule has 0 atom stereocenters. The molecule has 0 bridgehead atoms. The number of hydrogen-bond donors (Lipinski definition) is 2. The van der Waals surface area contributed by atoms with E-state index in [4.69, 9.17) is 22.5 Å². The number of sulfone groups is 1. The standard InChI is InChI=1S/C11H14ClN3O3S/c12-10-7-8(1-2-9(10)11(13)14-16)15-3-5-19(17,18)6-4-15/h1-2,7,16H,3-6H2,(H2,13,14). The molecule has 1 aromatic rings. The monoisotopic (exact) mass is 303 g/mol. The molecular weight excluding hydrogens is 290 g/mol. The lowest BCUT2D eigenvalue weighted by molar-refractivity contribution is 0.318. The van der Waals surface area contributed by atoms with Crippen LogP contribution < -0.4 is 10.6 Å². The SMILES string of the molecule is NC(=NO)c1ccc(N2CCS(=O)(=O)CC2)cc1Cl. The molecule has 0 spiro atoms. The number of rotatable bonds is 2. The lowest BCUT2D eigenvalue weighted by atomic mass is 10.1. The minimum absolute atomic E-state index is 0.0576. The van der Waals surface area contributed by atoms with Crippen molar-refractivity contribution < 1.29 is 13.6 Å². The molecule has 0 unspecified atom stereocenters. The van der Waals surface area contributed by atoms with E-state index in [0.29, 0.717) is 23.7 Å². The zero-order valence-corrected chi connectivity index (χ0v) is 11.7. The summed E-state index contributed by atoms with van der Waals surface area (Å²) in [5, 5.41) is 11.9. The van der Waals surface area contributed by atoms with E-state index in [0.717, 1.165) is 5.69 Å². The lowest BCUT2D eigenvalue weighted by Crippen LogP contribution is -2.40. The number of halogens is 1. The fourth-order valence-electron chi connectivity index (χ4n) is 1.93. The van der Waals surface area contributed by atoms with Gasteiger partial charge in [0.05, 0.1) is 16.5 Å². The number of nitrogens with zero attached hydrogens (tertiary/aromatic N) is 2. The van der Waals surface area contributed by atoms with Crippen molar-refractivity contribution in [3.8, 4) is 0 Å². The van der Waals surface area contributed by atoms with Crippen molar-refractivity contribution in [3.05, 3.63) is 28.8 Å². The van der Waals surface area contributed by atoms with Gasteiger partial charge in [0.1, 0.15) is 0 Å². The molecular formula is C11H14ClN3O3S. The molecule has 0 radical (unpaired) electrons. The van der Waals surface area contributed by atoms with E-state index in [9.17, 15) is 8.42 Å². The number of nitrogens with two attached hydrogens (primary N) is 1. The third kappa shape index (κ3) is 3.10. The predicted molar refractivity (Wildman–Crippen MR) is 74.8 cm³/mol. The molecule has 1 aliphatic rings. The quantitative estimate of drug-likeness (QED) is 0.362. The van der Waals surface area contributed by atoms with Crippen LogP contribution in [0.2, 0.25) is 5.02 Å². The summed E-state index contributed by atoms with van der Waals surface area (Å²) in [6, 6.07) is 5.11. The molecule has 1 saturated heterocycles. The number of hydrogen-bond acceptors (Lipinski definition) is 5. The molecule has 6 nitrogen and oxygen atoms in total. The zero-order chi connectivity index (χ0) is 14.0. The highest BCUT2D eigenvalue weighted by Gasteiger charge is 2.22. The second-order valence-corrected chi connectivity index (χ2v) is 7.00. The predicted octanol–water partition coefficient (Wildman–Crippen LogP) is 0.669. The lowest BCUT2D eigenvalue weighted by Gasteiger charge is -2.29. The molecule has 0 saturated carbocycles. The molecule has 8 heteroatoms. The normalized spacial score (nSPS) is 19.4. The summed E-state index contributed by atoms with van der Waals surface area (Å²) < 4.78 is 22.7. The van der Waals surface area contributed by atoms with Crippen LogP contribution in [0.3, 0.4) is 0 Å². The maximum Gasteiger partial charge on any atom is 0.171 e. The second kappa shape index (κ2) is 5.26. The van der Waals surface area contributed by atoms with E-state index >= 15 is 0 Å². The van der Waals surface area contributed by atoms with Crippen molar-refractivity contribution in [1.82, 2.24) is 0 Å². The van der Waals surface area contributed by atoms with Crippen molar-refractivity contribution in [3.63, 3.8) is 0 Å². The van der Waals surface area contributed by atoms with E-state index in [2.05, 4.69) is 5.16 Å². The summed E-state index contributed by atoms with van der Waals surface area (Å²) in [7, 11) is -2.91. The van der Waals surface area contributed by atoms with Crippen molar-refractivity contribution in [2.45, 2.75) is 0 Å². The van der Waals surface area contributed by atoms with Crippen LogP contribution >= 0.6 is 11.6 Å². The van der Waals surface area contributed by atoms with Gasteiger partial charge in [-0.1, -0.05) is 16.8 Å². The second-order valence-electron chi connectivity index (χ2n) is 4.29. The van der Waals surface area contributed by atoms with Crippen LogP contribution in [0, 0.1) is 0 Å². The number of oxime groups is 1. The molecule has 0 amide bonds. The van der Waals surface area contributed by atoms with Crippen LogP contribution in [-0.2, 0) is 9.84 Å². The van der Waals surface area contributed by atoms with Crippen LogP contribution in [0.25, 0.3) is 0 Å². The van der Waals surface area contributed by atoms with E-state index in [-0.39, 0.29) is 17.3 Å². The van der Waals surface area contributed by atoms with Crippen molar-refractivity contribution in [2.75, 3.05) is 29.5 Å². The summed E-state index contributed by atoms with van der Waals surface area (Å²) in [4.78, 5) is 1.95. The van der Waals surface area contributed by atoms with Gasteiger partial charge in [-0.2, -0.15) is 0 Å². The summed E-state index contributed by atoms with van der Waals surface area (Å²) in [5.74, 6) is 0.233. The first-order valence-corrected chi connectivity index (χ1v) is 7.86. The van der Waals surface area contributed by atoms with Gasteiger partial charge in [-0.25, -0.2) is 8.42 Å². The third-order valence-corrected chi connectivity index (χ3v) is 4.97. The maximum absolute atomic E-state index is 11.4. The first kappa shape index (κ1) is 14.0. The van der Waals surface area contributed by atoms with Gasteiger partial charge in [0, 0.05) is 24.3 Å². The Bertz CT molecular complexity index is 602. The Morgan fingerprint density at radius 3 is 2.53 bits per heavy atom. The van der Waals surface area contributed by atoms with Crippen LogP contribution in [0.4, 0.5) is 5.69 Å². The zero-order valence-electron chi connectivity index (χ0n) is 10.1. The Morgan fingerprint density at radius 1 is 1.37 bits per heavy atom. The first-order chi connectivity index (χ1) is 8.93. The minimum Gasteiger partial charge on any atom is -0.409 e. The summed E-state index contributed by atoms with van der Waals surface area (Å²) in [6.07, 6.45) is 0. The third-order valence-electron chi connectivity index (χ3n) is 3.05.